The molecule has 0 saturated heterocycles. The van der Waals surface area contributed by atoms with Gasteiger partial charge in [0.05, 0.1) is 6.20 Å². The van der Waals surface area contributed by atoms with E-state index in [0.717, 1.165) is 0 Å². The van der Waals surface area contributed by atoms with Crippen LogP contribution in [0.15, 0.2) is 17.3 Å². The highest BCUT2D eigenvalue weighted by atomic mass is 32.2. The maximum atomic E-state index is 11.9. The third kappa shape index (κ3) is 1.89. The summed E-state index contributed by atoms with van der Waals surface area (Å²) in [4.78, 5) is 0. The summed E-state index contributed by atoms with van der Waals surface area (Å²) in [6, 6.07) is 1.45. The summed E-state index contributed by atoms with van der Waals surface area (Å²) in [5.41, 5.74) is 0.368. The summed E-state index contributed by atoms with van der Waals surface area (Å²) < 4.78 is 26.4. The van der Waals surface area contributed by atoms with E-state index in [1.165, 1.54) is 12.3 Å². The van der Waals surface area contributed by atoms with Gasteiger partial charge in [0.1, 0.15) is 0 Å². The van der Waals surface area contributed by atoms with Crippen LogP contribution >= 0.6 is 0 Å². The number of sulfonamides is 1. The Balaban J connectivity index is 2.02. The van der Waals surface area contributed by atoms with E-state index < -0.39 is 10.0 Å². The van der Waals surface area contributed by atoms with E-state index in [-0.39, 0.29) is 15.9 Å². The lowest BCUT2D eigenvalue weighted by atomic mass is 10.0. The second kappa shape index (κ2) is 3.55. The molecule has 1 aromatic heterocycles. The number of aromatic amines is 1. The number of nitrogens with zero attached hydrogens (tertiary/aromatic N) is 1. The average Bonchev–Trinajstić information content (AvgIpc) is 2.65. The second-order valence-corrected chi connectivity index (χ2v) is 7.50. The molecule has 17 heavy (non-hydrogen) atoms. The van der Waals surface area contributed by atoms with Crippen molar-refractivity contribution in [3.8, 4) is 0 Å². The highest BCUT2D eigenvalue weighted by Gasteiger charge is 2.64. The molecular formula is C11H19N3O2S. The minimum Gasteiger partial charge on any atom is -0.266 e. The Bertz CT molecular complexity index is 489. The van der Waals surface area contributed by atoms with Crippen molar-refractivity contribution in [3.05, 3.63) is 12.3 Å². The standard InChI is InChI=1S/C11H19N3O2S/c1-10(2)8(11(10,3)4)7-13-17(15,16)9-5-6-12-14-9/h5-6,8,13H,7H2,1-4H3,(H,12,14). The van der Waals surface area contributed by atoms with Gasteiger partial charge in [-0.25, -0.2) is 13.1 Å². The van der Waals surface area contributed by atoms with Gasteiger partial charge in [0.2, 0.25) is 0 Å². The molecule has 1 aliphatic rings. The molecule has 1 saturated carbocycles. The topological polar surface area (TPSA) is 74.8 Å². The molecule has 0 amide bonds. The normalized spacial score (nSPS) is 22.6. The van der Waals surface area contributed by atoms with Crippen molar-refractivity contribution in [2.24, 2.45) is 16.7 Å². The highest BCUT2D eigenvalue weighted by molar-refractivity contribution is 7.89. The van der Waals surface area contributed by atoms with Crippen LogP contribution in [0.5, 0.6) is 0 Å². The fourth-order valence-corrected chi connectivity index (χ4v) is 3.46. The fourth-order valence-electron chi connectivity index (χ4n) is 2.51. The molecule has 1 aliphatic carbocycles. The molecule has 0 radical (unpaired) electrons. The summed E-state index contributed by atoms with van der Waals surface area (Å²) in [6.45, 7) is 9.15. The van der Waals surface area contributed by atoms with Gasteiger partial charge in [0.25, 0.3) is 10.0 Å². The zero-order valence-corrected chi connectivity index (χ0v) is 11.4. The first-order chi connectivity index (χ1) is 7.69. The summed E-state index contributed by atoms with van der Waals surface area (Å²) in [7, 11) is -3.44. The van der Waals surface area contributed by atoms with Crippen molar-refractivity contribution >= 4 is 10.0 Å². The number of H-pyrrole nitrogens is 1. The lowest BCUT2D eigenvalue weighted by Gasteiger charge is -2.05. The molecule has 6 heteroatoms. The number of hydrogen-bond donors (Lipinski definition) is 2. The van der Waals surface area contributed by atoms with Gasteiger partial charge in [0.15, 0.2) is 5.03 Å². The number of aromatic nitrogens is 2. The Morgan fingerprint density at radius 2 is 1.94 bits per heavy atom. The third-order valence-electron chi connectivity index (χ3n) is 4.56. The Morgan fingerprint density at radius 1 is 1.35 bits per heavy atom. The van der Waals surface area contributed by atoms with Gasteiger partial charge < -0.3 is 0 Å². The van der Waals surface area contributed by atoms with E-state index >= 15 is 0 Å². The minimum atomic E-state index is -3.44. The maximum absolute atomic E-state index is 11.9. The summed E-state index contributed by atoms with van der Waals surface area (Å²) in [5, 5.41) is 6.23. The van der Waals surface area contributed by atoms with E-state index in [4.69, 9.17) is 0 Å². The molecule has 5 nitrogen and oxygen atoms in total. The maximum Gasteiger partial charge on any atom is 0.257 e. The van der Waals surface area contributed by atoms with Crippen molar-refractivity contribution < 1.29 is 8.42 Å². The lowest BCUT2D eigenvalue weighted by Crippen LogP contribution is -2.27. The zero-order valence-electron chi connectivity index (χ0n) is 10.6. The van der Waals surface area contributed by atoms with Gasteiger partial charge in [-0.15, -0.1) is 0 Å². The Hall–Kier alpha value is -0.880. The van der Waals surface area contributed by atoms with Crippen LogP contribution in [-0.4, -0.2) is 25.2 Å². The quantitative estimate of drug-likeness (QED) is 0.855. The molecule has 0 spiro atoms. The van der Waals surface area contributed by atoms with Gasteiger partial charge in [0, 0.05) is 6.54 Å². The van der Waals surface area contributed by atoms with Crippen LogP contribution in [0.3, 0.4) is 0 Å². The third-order valence-corrected chi connectivity index (χ3v) is 5.91. The summed E-state index contributed by atoms with van der Waals surface area (Å²) in [6.07, 6.45) is 1.43. The fraction of sp³-hybridized carbons (Fsp3) is 0.727. The van der Waals surface area contributed by atoms with Gasteiger partial charge in [-0.05, 0) is 22.8 Å². The van der Waals surface area contributed by atoms with Gasteiger partial charge in [-0.1, -0.05) is 27.7 Å². The Labute approximate surface area is 102 Å². The van der Waals surface area contributed by atoms with Gasteiger partial charge in [-0.2, -0.15) is 5.10 Å². The number of hydrogen-bond acceptors (Lipinski definition) is 3. The van der Waals surface area contributed by atoms with Crippen LogP contribution in [0.1, 0.15) is 27.7 Å². The molecule has 0 unspecified atom stereocenters. The van der Waals surface area contributed by atoms with Crippen LogP contribution in [0.25, 0.3) is 0 Å². The first-order valence-electron chi connectivity index (χ1n) is 5.68. The molecule has 96 valence electrons. The molecule has 0 bridgehead atoms. The molecule has 2 rings (SSSR count). The number of nitrogens with one attached hydrogen (secondary N) is 2. The van der Waals surface area contributed by atoms with Crippen LogP contribution in [-0.2, 0) is 10.0 Å². The van der Waals surface area contributed by atoms with Crippen molar-refractivity contribution in [2.45, 2.75) is 32.7 Å². The van der Waals surface area contributed by atoms with E-state index in [0.29, 0.717) is 12.5 Å². The van der Waals surface area contributed by atoms with Crippen molar-refractivity contribution in [2.75, 3.05) is 6.54 Å². The first-order valence-corrected chi connectivity index (χ1v) is 7.17. The highest BCUT2D eigenvalue weighted by Crippen LogP contribution is 2.67. The zero-order chi connectivity index (χ0) is 12.9. The average molecular weight is 257 g/mol. The van der Waals surface area contributed by atoms with E-state index in [9.17, 15) is 8.42 Å². The molecular weight excluding hydrogens is 238 g/mol. The van der Waals surface area contributed by atoms with Crippen molar-refractivity contribution in [1.82, 2.24) is 14.9 Å². The van der Waals surface area contributed by atoms with Gasteiger partial charge in [-0.3, -0.25) is 5.10 Å². The van der Waals surface area contributed by atoms with Crippen molar-refractivity contribution in [1.29, 1.82) is 0 Å². The SMILES string of the molecule is CC1(C)C(CNS(=O)(=O)c2ccn[nH]2)C1(C)C. The predicted octanol–water partition coefficient (Wildman–Crippen LogP) is 1.37. The Kier molecular flexibility index (Phi) is 2.63. The largest absolute Gasteiger partial charge is 0.266 e. The predicted molar refractivity (Wildman–Crippen MR) is 64.8 cm³/mol. The molecule has 0 aromatic carbocycles. The lowest BCUT2D eigenvalue weighted by molar-refractivity contribution is 0.457. The summed E-state index contributed by atoms with van der Waals surface area (Å²) >= 11 is 0. The molecule has 0 atom stereocenters. The van der Waals surface area contributed by atoms with E-state index in [1.807, 2.05) is 0 Å². The molecule has 0 aliphatic heterocycles. The van der Waals surface area contributed by atoms with Crippen LogP contribution in [0, 0.1) is 16.7 Å². The Morgan fingerprint density at radius 3 is 2.35 bits per heavy atom. The van der Waals surface area contributed by atoms with Crippen LogP contribution < -0.4 is 4.72 Å². The van der Waals surface area contributed by atoms with E-state index in [2.05, 4.69) is 42.6 Å². The number of rotatable bonds is 4. The smallest absolute Gasteiger partial charge is 0.257 e. The van der Waals surface area contributed by atoms with Crippen LogP contribution in [0.2, 0.25) is 0 Å². The molecule has 2 N–H and O–H groups in total. The van der Waals surface area contributed by atoms with Crippen molar-refractivity contribution in [3.63, 3.8) is 0 Å². The molecule has 1 fully saturated rings. The first kappa shape index (κ1) is 12.6. The monoisotopic (exact) mass is 257 g/mol. The molecule has 1 aromatic rings. The van der Waals surface area contributed by atoms with Gasteiger partial charge >= 0.3 is 0 Å². The second-order valence-electron chi connectivity index (χ2n) is 5.77. The minimum absolute atomic E-state index is 0.119. The van der Waals surface area contributed by atoms with Crippen LogP contribution in [0.4, 0.5) is 0 Å². The summed E-state index contributed by atoms with van der Waals surface area (Å²) in [5.74, 6) is 0.368. The van der Waals surface area contributed by atoms with E-state index in [1.54, 1.807) is 0 Å². The molecule has 1 heterocycles.